The highest BCUT2D eigenvalue weighted by molar-refractivity contribution is 9.10. The van der Waals surface area contributed by atoms with Crippen LogP contribution < -0.4 is 9.75 Å². The molecule has 0 aliphatic carbocycles. The highest BCUT2D eigenvalue weighted by atomic mass is 79.9. The second kappa shape index (κ2) is 6.49. The summed E-state index contributed by atoms with van der Waals surface area (Å²) in [4.78, 5) is 12.7. The van der Waals surface area contributed by atoms with Crippen molar-refractivity contribution in [3.63, 3.8) is 0 Å². The first-order chi connectivity index (χ1) is 11.5. The van der Waals surface area contributed by atoms with Gasteiger partial charge in [0, 0.05) is 4.47 Å². The van der Waals surface area contributed by atoms with Crippen LogP contribution in [-0.2, 0) is 4.79 Å². The van der Waals surface area contributed by atoms with Crippen molar-refractivity contribution in [2.75, 3.05) is 12.1 Å². The zero-order valence-electron chi connectivity index (χ0n) is 13.2. The van der Waals surface area contributed by atoms with Gasteiger partial charge in [0.1, 0.15) is 0 Å². The van der Waals surface area contributed by atoms with Crippen LogP contribution in [0, 0.1) is 0 Å². The second-order valence-corrected chi connectivity index (χ2v) is 6.10. The third kappa shape index (κ3) is 2.92. The summed E-state index contributed by atoms with van der Waals surface area (Å²) < 4.78 is 5.78. The van der Waals surface area contributed by atoms with Crippen molar-refractivity contribution in [1.29, 1.82) is 0 Å². The summed E-state index contributed by atoms with van der Waals surface area (Å²) in [5.41, 5.74) is 2.56. The monoisotopic (exact) mass is 386 g/mol. The Morgan fingerprint density at radius 1 is 1.25 bits per heavy atom. The Hall–Kier alpha value is -2.60. The van der Waals surface area contributed by atoms with Gasteiger partial charge in [-0.15, -0.1) is 0 Å². The molecule has 6 heteroatoms. The lowest BCUT2D eigenvalue weighted by atomic mass is 10.1. The molecule has 0 aromatic heterocycles. The van der Waals surface area contributed by atoms with E-state index in [4.69, 9.17) is 4.74 Å². The quantitative estimate of drug-likeness (QED) is 0.811. The van der Waals surface area contributed by atoms with Crippen LogP contribution in [0.4, 0.5) is 5.69 Å². The molecule has 0 saturated carbocycles. The Kier molecular flexibility index (Phi) is 4.40. The van der Waals surface area contributed by atoms with E-state index >= 15 is 0 Å². The molecule has 0 atom stereocenters. The summed E-state index contributed by atoms with van der Waals surface area (Å²) >= 11 is 3.39. The normalized spacial score (nSPS) is 15.8. The number of halogens is 1. The molecule has 3 rings (SSSR count). The topological polar surface area (TPSA) is 62.1 Å². The van der Waals surface area contributed by atoms with E-state index in [9.17, 15) is 9.90 Å². The SMILES string of the molecule is COc1cc(/C=C2/C(=O)N(c3ccccc3)N=C2C)c(Br)cc1O. The van der Waals surface area contributed by atoms with Gasteiger partial charge >= 0.3 is 0 Å². The van der Waals surface area contributed by atoms with Crippen molar-refractivity contribution in [2.24, 2.45) is 5.10 Å². The second-order valence-electron chi connectivity index (χ2n) is 5.24. The highest BCUT2D eigenvalue weighted by Crippen LogP contribution is 2.34. The number of phenolic OH excluding ortho intramolecular Hbond substituents is 1. The maximum absolute atomic E-state index is 12.7. The predicted octanol–water partition coefficient (Wildman–Crippen LogP) is 3.97. The first-order valence-corrected chi connectivity index (χ1v) is 8.04. The molecule has 1 heterocycles. The zero-order valence-corrected chi connectivity index (χ0v) is 14.7. The molecule has 1 aliphatic rings. The van der Waals surface area contributed by atoms with Crippen LogP contribution in [-0.4, -0.2) is 23.8 Å². The lowest BCUT2D eigenvalue weighted by Gasteiger charge is -2.11. The first-order valence-electron chi connectivity index (χ1n) is 7.24. The van der Waals surface area contributed by atoms with Crippen molar-refractivity contribution >= 4 is 39.3 Å². The molecule has 1 amide bonds. The van der Waals surface area contributed by atoms with Gasteiger partial charge in [-0.05, 0) is 42.8 Å². The summed E-state index contributed by atoms with van der Waals surface area (Å²) in [6.45, 7) is 1.79. The van der Waals surface area contributed by atoms with E-state index in [-0.39, 0.29) is 11.7 Å². The Labute approximate surface area is 148 Å². The van der Waals surface area contributed by atoms with E-state index in [0.717, 1.165) is 5.56 Å². The van der Waals surface area contributed by atoms with Gasteiger partial charge in [-0.1, -0.05) is 34.1 Å². The van der Waals surface area contributed by atoms with Gasteiger partial charge < -0.3 is 9.84 Å². The van der Waals surface area contributed by atoms with Crippen molar-refractivity contribution < 1.29 is 14.6 Å². The number of methoxy groups -OCH3 is 1. The minimum atomic E-state index is -0.197. The van der Waals surface area contributed by atoms with Crippen molar-refractivity contribution in [3.8, 4) is 11.5 Å². The summed E-state index contributed by atoms with van der Waals surface area (Å²) in [7, 11) is 1.48. The van der Waals surface area contributed by atoms with E-state index in [0.29, 0.717) is 27.2 Å². The minimum Gasteiger partial charge on any atom is -0.504 e. The highest BCUT2D eigenvalue weighted by Gasteiger charge is 2.28. The van der Waals surface area contributed by atoms with Gasteiger partial charge in [-0.2, -0.15) is 10.1 Å². The number of hydrogen-bond donors (Lipinski definition) is 1. The Balaban J connectivity index is 2.00. The summed E-state index contributed by atoms with van der Waals surface area (Å²) in [5.74, 6) is 0.170. The largest absolute Gasteiger partial charge is 0.504 e. The van der Waals surface area contributed by atoms with Gasteiger partial charge in [0.05, 0.1) is 24.1 Å². The fourth-order valence-corrected chi connectivity index (χ4v) is 2.86. The molecule has 1 aliphatic heterocycles. The van der Waals surface area contributed by atoms with Crippen LogP contribution in [0.1, 0.15) is 12.5 Å². The van der Waals surface area contributed by atoms with Crippen LogP contribution in [0.5, 0.6) is 11.5 Å². The number of carbonyl (C=O) groups is 1. The van der Waals surface area contributed by atoms with Crippen LogP contribution in [0.15, 0.2) is 57.6 Å². The van der Waals surface area contributed by atoms with E-state index < -0.39 is 0 Å². The predicted molar refractivity (Wildman–Crippen MR) is 97.4 cm³/mol. The van der Waals surface area contributed by atoms with Crippen LogP contribution >= 0.6 is 15.9 Å². The number of para-hydroxylation sites is 1. The third-order valence-electron chi connectivity index (χ3n) is 3.66. The number of benzene rings is 2. The smallest absolute Gasteiger partial charge is 0.280 e. The molecule has 5 nitrogen and oxygen atoms in total. The molecule has 0 unspecified atom stereocenters. The Morgan fingerprint density at radius 3 is 2.62 bits per heavy atom. The molecular formula is C18H15BrN2O3. The summed E-state index contributed by atoms with van der Waals surface area (Å²) in [5, 5.41) is 15.5. The minimum absolute atomic E-state index is 0.0283. The Bertz CT molecular complexity index is 860. The first kappa shape index (κ1) is 16.3. The number of ether oxygens (including phenoxy) is 1. The zero-order chi connectivity index (χ0) is 17.3. The molecule has 0 fully saturated rings. The van der Waals surface area contributed by atoms with Crippen LogP contribution in [0.2, 0.25) is 0 Å². The molecule has 122 valence electrons. The molecule has 2 aromatic rings. The lowest BCUT2D eigenvalue weighted by Crippen LogP contribution is -2.21. The van der Waals surface area contributed by atoms with Crippen LogP contribution in [0.3, 0.4) is 0 Å². The van der Waals surface area contributed by atoms with Crippen molar-refractivity contribution in [3.05, 3.63) is 58.1 Å². The molecule has 2 aromatic carbocycles. The number of carbonyl (C=O) groups excluding carboxylic acids is 1. The Morgan fingerprint density at radius 2 is 1.96 bits per heavy atom. The molecule has 24 heavy (non-hydrogen) atoms. The fourth-order valence-electron chi connectivity index (χ4n) is 2.42. The van der Waals surface area contributed by atoms with E-state index in [1.54, 1.807) is 19.1 Å². The molecule has 0 spiro atoms. The van der Waals surface area contributed by atoms with Gasteiger partial charge in [0.2, 0.25) is 0 Å². The number of phenols is 1. The standard InChI is InChI=1S/C18H15BrN2O3/c1-11-14(8-12-9-17(24-2)16(22)10-15(12)19)18(23)21(20-11)13-6-4-3-5-7-13/h3-10,22H,1-2H3/b14-8+. The molecule has 0 bridgehead atoms. The number of hydrogen-bond acceptors (Lipinski definition) is 4. The van der Waals surface area contributed by atoms with E-state index in [2.05, 4.69) is 21.0 Å². The van der Waals surface area contributed by atoms with Gasteiger partial charge in [0.15, 0.2) is 11.5 Å². The number of amides is 1. The van der Waals surface area contributed by atoms with Crippen LogP contribution in [0.25, 0.3) is 6.08 Å². The van der Waals surface area contributed by atoms with Crippen molar-refractivity contribution in [2.45, 2.75) is 6.92 Å². The number of rotatable bonds is 3. The average molecular weight is 387 g/mol. The maximum atomic E-state index is 12.7. The summed E-state index contributed by atoms with van der Waals surface area (Å²) in [6.07, 6.45) is 1.73. The third-order valence-corrected chi connectivity index (χ3v) is 4.35. The number of anilines is 1. The van der Waals surface area contributed by atoms with E-state index in [1.165, 1.54) is 18.2 Å². The molecule has 0 saturated heterocycles. The molecule has 0 radical (unpaired) electrons. The number of nitrogens with zero attached hydrogens (tertiary/aromatic N) is 2. The maximum Gasteiger partial charge on any atom is 0.280 e. The number of hydrazone groups is 1. The van der Waals surface area contributed by atoms with Gasteiger partial charge in [-0.25, -0.2) is 0 Å². The molecule has 1 N–H and O–H groups in total. The van der Waals surface area contributed by atoms with Gasteiger partial charge in [-0.3, -0.25) is 4.79 Å². The van der Waals surface area contributed by atoms with Gasteiger partial charge in [0.25, 0.3) is 5.91 Å². The summed E-state index contributed by atoms with van der Waals surface area (Å²) in [6, 6.07) is 12.5. The average Bonchev–Trinajstić information content (AvgIpc) is 2.86. The van der Waals surface area contributed by atoms with E-state index in [1.807, 2.05) is 30.3 Å². The fraction of sp³-hybridized carbons (Fsp3) is 0.111. The lowest BCUT2D eigenvalue weighted by molar-refractivity contribution is -0.114. The van der Waals surface area contributed by atoms with Crippen molar-refractivity contribution in [1.82, 2.24) is 0 Å². The molecular weight excluding hydrogens is 372 g/mol. The number of aromatic hydroxyl groups is 1.